The minimum absolute atomic E-state index is 0.400. The van der Waals surface area contributed by atoms with E-state index in [0.29, 0.717) is 18.2 Å². The molecule has 0 aliphatic heterocycles. The summed E-state index contributed by atoms with van der Waals surface area (Å²) in [5.74, 6) is 1.78. The zero-order valence-corrected chi connectivity index (χ0v) is 8.96. The zero-order chi connectivity index (χ0) is 11.4. The molecule has 2 aromatic heterocycles. The van der Waals surface area contributed by atoms with Gasteiger partial charge in [0.25, 0.3) is 0 Å². The number of nitrogen functional groups attached to an aromatic ring is 1. The summed E-state index contributed by atoms with van der Waals surface area (Å²) in [6.07, 6.45) is 5.54. The topological polar surface area (TPSA) is 94.5 Å². The number of hydrogen-bond donors (Lipinski definition) is 2. The number of rotatable bonds is 4. The number of nitrogens with zero attached hydrogens (tertiary/aromatic N) is 5. The van der Waals surface area contributed by atoms with E-state index in [-0.39, 0.29) is 0 Å². The van der Waals surface area contributed by atoms with Gasteiger partial charge in [-0.15, -0.1) is 0 Å². The molecule has 0 aromatic carbocycles. The van der Waals surface area contributed by atoms with E-state index in [1.165, 1.54) is 0 Å². The first-order valence-corrected chi connectivity index (χ1v) is 4.90. The van der Waals surface area contributed by atoms with Crippen LogP contribution in [-0.2, 0) is 13.5 Å². The van der Waals surface area contributed by atoms with Crippen LogP contribution in [0, 0.1) is 0 Å². The van der Waals surface area contributed by atoms with Gasteiger partial charge in [0.1, 0.15) is 6.33 Å². The van der Waals surface area contributed by atoms with Crippen molar-refractivity contribution in [1.29, 1.82) is 0 Å². The van der Waals surface area contributed by atoms with E-state index >= 15 is 0 Å². The van der Waals surface area contributed by atoms with Crippen molar-refractivity contribution < 1.29 is 0 Å². The lowest BCUT2D eigenvalue weighted by Crippen LogP contribution is -2.10. The van der Waals surface area contributed by atoms with E-state index in [1.807, 2.05) is 7.05 Å². The Morgan fingerprint density at radius 3 is 2.81 bits per heavy atom. The van der Waals surface area contributed by atoms with Crippen LogP contribution in [0.3, 0.4) is 0 Å². The van der Waals surface area contributed by atoms with Gasteiger partial charge in [-0.1, -0.05) is 0 Å². The Morgan fingerprint density at radius 2 is 2.12 bits per heavy atom. The predicted molar refractivity (Wildman–Crippen MR) is 59.6 cm³/mol. The molecule has 0 atom stereocenters. The molecule has 2 rings (SSSR count). The molecule has 0 bridgehead atoms. The van der Waals surface area contributed by atoms with Crippen molar-refractivity contribution in [3.63, 3.8) is 0 Å². The van der Waals surface area contributed by atoms with Gasteiger partial charge in [-0.25, -0.2) is 15.0 Å². The third kappa shape index (κ3) is 2.44. The Bertz CT molecular complexity index is 464. The standard InChI is InChI=1S/C9H13N7/c1-16-6-14-7(15-16)2-3-12-9-8(10)11-4-5-13-9/h4-6H,2-3H2,1H3,(H2,10,11)(H,12,13). The van der Waals surface area contributed by atoms with Gasteiger partial charge in [0.2, 0.25) is 0 Å². The molecule has 0 aliphatic carbocycles. The number of aromatic nitrogens is 5. The van der Waals surface area contributed by atoms with Gasteiger partial charge in [0.15, 0.2) is 17.5 Å². The van der Waals surface area contributed by atoms with Crippen LogP contribution in [0.4, 0.5) is 11.6 Å². The molecule has 0 saturated carbocycles. The fourth-order valence-corrected chi connectivity index (χ4v) is 1.28. The van der Waals surface area contributed by atoms with Crippen molar-refractivity contribution in [3.05, 3.63) is 24.5 Å². The second kappa shape index (κ2) is 4.56. The van der Waals surface area contributed by atoms with Crippen molar-refractivity contribution in [3.8, 4) is 0 Å². The molecule has 84 valence electrons. The summed E-state index contributed by atoms with van der Waals surface area (Å²) in [5.41, 5.74) is 5.63. The van der Waals surface area contributed by atoms with Crippen molar-refractivity contribution in [2.24, 2.45) is 7.05 Å². The zero-order valence-electron chi connectivity index (χ0n) is 8.96. The highest BCUT2D eigenvalue weighted by Gasteiger charge is 2.01. The van der Waals surface area contributed by atoms with Crippen LogP contribution in [0.15, 0.2) is 18.7 Å². The van der Waals surface area contributed by atoms with Gasteiger partial charge in [0, 0.05) is 32.4 Å². The van der Waals surface area contributed by atoms with Crippen LogP contribution < -0.4 is 11.1 Å². The monoisotopic (exact) mass is 219 g/mol. The quantitative estimate of drug-likeness (QED) is 0.742. The third-order valence-corrected chi connectivity index (χ3v) is 2.01. The van der Waals surface area contributed by atoms with E-state index < -0.39 is 0 Å². The number of nitrogens with one attached hydrogen (secondary N) is 1. The number of hydrogen-bond acceptors (Lipinski definition) is 6. The molecule has 7 heteroatoms. The summed E-state index contributed by atoms with van der Waals surface area (Å²) in [4.78, 5) is 12.1. The molecule has 0 amide bonds. The molecule has 2 aromatic rings. The maximum atomic E-state index is 5.63. The third-order valence-electron chi connectivity index (χ3n) is 2.01. The Labute approximate surface area is 92.7 Å². The molecule has 0 unspecified atom stereocenters. The van der Waals surface area contributed by atoms with Crippen LogP contribution in [0.1, 0.15) is 5.82 Å². The minimum atomic E-state index is 0.400. The highest BCUT2D eigenvalue weighted by Crippen LogP contribution is 2.08. The second-order valence-corrected chi connectivity index (χ2v) is 3.30. The van der Waals surface area contributed by atoms with Crippen LogP contribution in [0.5, 0.6) is 0 Å². The Hall–Kier alpha value is -2.18. The minimum Gasteiger partial charge on any atom is -0.381 e. The van der Waals surface area contributed by atoms with Crippen molar-refractivity contribution in [2.75, 3.05) is 17.6 Å². The Morgan fingerprint density at radius 1 is 1.31 bits per heavy atom. The van der Waals surface area contributed by atoms with Gasteiger partial charge in [-0.05, 0) is 0 Å². The highest BCUT2D eigenvalue weighted by atomic mass is 15.3. The summed E-state index contributed by atoms with van der Waals surface area (Å²) in [7, 11) is 1.84. The first kappa shape index (κ1) is 10.3. The molecule has 0 spiro atoms. The summed E-state index contributed by atoms with van der Waals surface area (Å²) < 4.78 is 1.67. The van der Waals surface area contributed by atoms with Crippen LogP contribution in [0.2, 0.25) is 0 Å². The maximum Gasteiger partial charge on any atom is 0.168 e. The number of anilines is 2. The lowest BCUT2D eigenvalue weighted by atomic mass is 10.4. The molecule has 0 aliphatic rings. The SMILES string of the molecule is Cn1cnc(CCNc2nccnc2N)n1. The molecule has 0 fully saturated rings. The lowest BCUT2D eigenvalue weighted by Gasteiger charge is -2.04. The van der Waals surface area contributed by atoms with Gasteiger partial charge in [-0.2, -0.15) is 5.10 Å². The lowest BCUT2D eigenvalue weighted by molar-refractivity contribution is 0.741. The fraction of sp³-hybridized carbons (Fsp3) is 0.333. The smallest absolute Gasteiger partial charge is 0.168 e. The van der Waals surface area contributed by atoms with E-state index in [9.17, 15) is 0 Å². The van der Waals surface area contributed by atoms with Crippen molar-refractivity contribution in [2.45, 2.75) is 6.42 Å². The Kier molecular flexibility index (Phi) is 2.95. The van der Waals surface area contributed by atoms with E-state index in [0.717, 1.165) is 12.2 Å². The number of nitrogens with two attached hydrogens (primary N) is 1. The molecule has 16 heavy (non-hydrogen) atoms. The van der Waals surface area contributed by atoms with Crippen molar-refractivity contribution in [1.82, 2.24) is 24.7 Å². The van der Waals surface area contributed by atoms with E-state index in [1.54, 1.807) is 23.4 Å². The average Bonchev–Trinajstić information content (AvgIpc) is 2.67. The molecule has 3 N–H and O–H groups in total. The predicted octanol–water partition coefficient (Wildman–Crippen LogP) is -0.158. The largest absolute Gasteiger partial charge is 0.381 e. The second-order valence-electron chi connectivity index (χ2n) is 3.30. The van der Waals surface area contributed by atoms with Crippen molar-refractivity contribution >= 4 is 11.6 Å². The maximum absolute atomic E-state index is 5.63. The van der Waals surface area contributed by atoms with E-state index in [2.05, 4.69) is 25.4 Å². The normalized spacial score (nSPS) is 10.3. The first-order valence-electron chi connectivity index (χ1n) is 4.90. The summed E-state index contributed by atoms with van der Waals surface area (Å²) in [6, 6.07) is 0. The average molecular weight is 219 g/mol. The molecule has 0 saturated heterocycles. The molecule has 2 heterocycles. The molecular formula is C9H13N7. The Balaban J connectivity index is 1.87. The van der Waals surface area contributed by atoms with Crippen LogP contribution in [-0.4, -0.2) is 31.3 Å². The van der Waals surface area contributed by atoms with Crippen LogP contribution in [0.25, 0.3) is 0 Å². The number of aryl methyl sites for hydroxylation is 1. The van der Waals surface area contributed by atoms with Gasteiger partial charge < -0.3 is 11.1 Å². The molecule has 0 radical (unpaired) electrons. The molecule has 7 nitrogen and oxygen atoms in total. The summed E-state index contributed by atoms with van der Waals surface area (Å²) >= 11 is 0. The molecular weight excluding hydrogens is 206 g/mol. The van der Waals surface area contributed by atoms with Gasteiger partial charge in [0.05, 0.1) is 0 Å². The van der Waals surface area contributed by atoms with E-state index in [4.69, 9.17) is 5.73 Å². The fourth-order valence-electron chi connectivity index (χ4n) is 1.28. The summed E-state index contributed by atoms with van der Waals surface area (Å²) in [6.45, 7) is 0.674. The summed E-state index contributed by atoms with van der Waals surface area (Å²) in [5, 5.41) is 7.25. The highest BCUT2D eigenvalue weighted by molar-refractivity contribution is 5.54. The van der Waals surface area contributed by atoms with Crippen LogP contribution >= 0.6 is 0 Å². The van der Waals surface area contributed by atoms with Gasteiger partial charge >= 0.3 is 0 Å². The first-order chi connectivity index (χ1) is 7.75. The van der Waals surface area contributed by atoms with Gasteiger partial charge in [-0.3, -0.25) is 4.68 Å².